The number of benzene rings is 1. The first-order valence-electron chi connectivity index (χ1n) is 10.8. The first-order chi connectivity index (χ1) is 15.5. The Hall–Kier alpha value is -2.97. The Morgan fingerprint density at radius 3 is 2.72 bits per heavy atom. The van der Waals surface area contributed by atoms with Gasteiger partial charge in [0.25, 0.3) is 5.91 Å². The van der Waals surface area contributed by atoms with Crippen LogP contribution in [0.3, 0.4) is 0 Å². The minimum atomic E-state index is -0.0366. The van der Waals surface area contributed by atoms with Crippen LogP contribution in [-0.4, -0.2) is 54.5 Å². The molecule has 1 amide bonds. The molecule has 1 aliphatic rings. The Balaban J connectivity index is 1.45. The van der Waals surface area contributed by atoms with E-state index in [1.165, 1.54) is 16.1 Å². The normalized spacial score (nSPS) is 14.8. The summed E-state index contributed by atoms with van der Waals surface area (Å²) in [5.41, 5.74) is 1.61. The van der Waals surface area contributed by atoms with E-state index in [1.807, 2.05) is 48.2 Å². The molecule has 0 aliphatic carbocycles. The lowest BCUT2D eigenvalue weighted by atomic mass is 10.1. The van der Waals surface area contributed by atoms with Crippen molar-refractivity contribution in [2.75, 3.05) is 38.6 Å². The van der Waals surface area contributed by atoms with Gasteiger partial charge in [-0.3, -0.25) is 4.79 Å². The fourth-order valence-electron chi connectivity index (χ4n) is 3.80. The number of carbonyl (C=O) groups is 1. The summed E-state index contributed by atoms with van der Waals surface area (Å²) in [7, 11) is 3.91. The van der Waals surface area contributed by atoms with E-state index in [9.17, 15) is 4.79 Å². The van der Waals surface area contributed by atoms with Crippen LogP contribution in [0.4, 0.5) is 5.82 Å². The zero-order valence-electron chi connectivity index (χ0n) is 18.7. The maximum atomic E-state index is 13.0. The molecule has 3 aromatic rings. The number of aromatic nitrogens is 2. The topological polar surface area (TPSA) is 70.6 Å². The molecule has 1 aromatic carbocycles. The molecule has 1 N–H and O–H groups in total. The Morgan fingerprint density at radius 1 is 1.19 bits per heavy atom. The molecular formula is C24H29N5O2S. The quantitative estimate of drug-likeness (QED) is 0.564. The number of carbonyl (C=O) groups excluding carboxylic acids is 1. The van der Waals surface area contributed by atoms with Crippen molar-refractivity contribution in [1.29, 1.82) is 0 Å². The Labute approximate surface area is 193 Å². The minimum Gasteiger partial charge on any atom is -0.485 e. The lowest BCUT2D eigenvalue weighted by Gasteiger charge is -2.22. The van der Waals surface area contributed by atoms with Crippen LogP contribution >= 0.6 is 11.3 Å². The molecule has 4 rings (SSSR count). The summed E-state index contributed by atoms with van der Waals surface area (Å²) in [6.07, 6.45) is 4.01. The molecule has 2 aromatic heterocycles. The van der Waals surface area contributed by atoms with Crippen molar-refractivity contribution < 1.29 is 9.53 Å². The molecule has 0 spiro atoms. The first-order valence-corrected chi connectivity index (χ1v) is 11.6. The summed E-state index contributed by atoms with van der Waals surface area (Å²) < 4.78 is 6.33. The Bertz CT molecular complexity index is 1050. The number of anilines is 1. The van der Waals surface area contributed by atoms with Crippen LogP contribution in [0.1, 0.15) is 38.2 Å². The standard InChI is InChI=1S/C24H29N5O2S/c1-17-4-9-22(32-17)21(10-11-25-2)31-19-7-5-18(6-8-19)15-29-13-12-28(3)23-20(24(29)30)14-26-16-27-23/h4-9,14,16,21,25H,10-13,15H2,1-3H3. The molecule has 0 fully saturated rings. The summed E-state index contributed by atoms with van der Waals surface area (Å²) in [5.74, 6) is 1.49. The molecule has 1 aliphatic heterocycles. The van der Waals surface area contributed by atoms with E-state index in [2.05, 4.69) is 34.3 Å². The lowest BCUT2D eigenvalue weighted by molar-refractivity contribution is 0.0754. The molecule has 32 heavy (non-hydrogen) atoms. The monoisotopic (exact) mass is 451 g/mol. The smallest absolute Gasteiger partial charge is 0.259 e. The van der Waals surface area contributed by atoms with Gasteiger partial charge in [-0.05, 0) is 50.3 Å². The molecule has 1 unspecified atom stereocenters. The van der Waals surface area contributed by atoms with Crippen LogP contribution in [0, 0.1) is 6.92 Å². The van der Waals surface area contributed by atoms with Crippen LogP contribution in [0.25, 0.3) is 0 Å². The number of fused-ring (bicyclic) bond motifs is 1. The van der Waals surface area contributed by atoms with E-state index in [0.29, 0.717) is 24.5 Å². The van der Waals surface area contributed by atoms with Gasteiger partial charge in [-0.15, -0.1) is 11.3 Å². The Kier molecular flexibility index (Phi) is 7.02. The number of rotatable bonds is 8. The average molecular weight is 452 g/mol. The molecule has 0 saturated heterocycles. The van der Waals surface area contributed by atoms with Crippen LogP contribution < -0.4 is 15.0 Å². The number of amides is 1. The van der Waals surface area contributed by atoms with Gasteiger partial charge in [-0.25, -0.2) is 9.97 Å². The number of ether oxygens (including phenoxy) is 1. The number of likely N-dealkylation sites (N-methyl/N-ethyl adjacent to an activating group) is 1. The van der Waals surface area contributed by atoms with Gasteiger partial charge >= 0.3 is 0 Å². The van der Waals surface area contributed by atoms with E-state index in [0.717, 1.165) is 30.8 Å². The average Bonchev–Trinajstić information content (AvgIpc) is 3.21. The SMILES string of the molecule is CNCCC(Oc1ccc(CN2CCN(C)c3ncncc3C2=O)cc1)c1ccc(C)s1. The van der Waals surface area contributed by atoms with Gasteiger partial charge in [-0.1, -0.05) is 12.1 Å². The van der Waals surface area contributed by atoms with Gasteiger partial charge in [0, 0.05) is 49.1 Å². The van der Waals surface area contributed by atoms with Crippen molar-refractivity contribution in [3.8, 4) is 5.75 Å². The van der Waals surface area contributed by atoms with Crippen molar-refractivity contribution in [2.24, 2.45) is 0 Å². The Morgan fingerprint density at radius 2 is 2.00 bits per heavy atom. The highest BCUT2D eigenvalue weighted by atomic mass is 32.1. The van der Waals surface area contributed by atoms with Crippen LogP contribution in [0.2, 0.25) is 0 Å². The van der Waals surface area contributed by atoms with Crippen molar-refractivity contribution >= 4 is 23.1 Å². The second-order valence-electron chi connectivity index (χ2n) is 8.00. The maximum Gasteiger partial charge on any atom is 0.259 e. The molecule has 168 valence electrons. The fraction of sp³-hybridized carbons (Fsp3) is 0.375. The van der Waals surface area contributed by atoms with Crippen molar-refractivity contribution in [3.05, 3.63) is 69.8 Å². The largest absolute Gasteiger partial charge is 0.485 e. The van der Waals surface area contributed by atoms with Gasteiger partial charge in [0.2, 0.25) is 0 Å². The second kappa shape index (κ2) is 10.1. The van der Waals surface area contributed by atoms with Gasteiger partial charge < -0.3 is 19.9 Å². The molecule has 0 saturated carbocycles. The van der Waals surface area contributed by atoms with E-state index >= 15 is 0 Å². The van der Waals surface area contributed by atoms with Crippen molar-refractivity contribution in [2.45, 2.75) is 26.0 Å². The fourth-order valence-corrected chi connectivity index (χ4v) is 4.74. The van der Waals surface area contributed by atoms with Crippen LogP contribution in [0.5, 0.6) is 5.75 Å². The lowest BCUT2D eigenvalue weighted by Crippen LogP contribution is -2.33. The number of nitrogens with zero attached hydrogens (tertiary/aromatic N) is 4. The molecule has 0 radical (unpaired) electrons. The highest BCUT2D eigenvalue weighted by Gasteiger charge is 2.26. The first kappa shape index (κ1) is 22.2. The zero-order chi connectivity index (χ0) is 22.5. The third kappa shape index (κ3) is 5.08. The van der Waals surface area contributed by atoms with Crippen molar-refractivity contribution in [3.63, 3.8) is 0 Å². The number of thiophene rings is 1. The van der Waals surface area contributed by atoms with E-state index < -0.39 is 0 Å². The third-order valence-corrected chi connectivity index (χ3v) is 6.68. The molecule has 1 atom stereocenters. The molecule has 3 heterocycles. The molecule has 8 heteroatoms. The molecular weight excluding hydrogens is 422 g/mol. The summed E-state index contributed by atoms with van der Waals surface area (Å²) in [6.45, 7) is 4.90. The number of aryl methyl sites for hydroxylation is 1. The summed E-state index contributed by atoms with van der Waals surface area (Å²) >= 11 is 1.78. The number of hydrogen-bond acceptors (Lipinski definition) is 7. The number of hydrogen-bond donors (Lipinski definition) is 1. The molecule has 0 bridgehead atoms. The van der Waals surface area contributed by atoms with E-state index in [1.54, 1.807) is 17.5 Å². The van der Waals surface area contributed by atoms with E-state index in [-0.39, 0.29) is 12.0 Å². The minimum absolute atomic E-state index is 0.0197. The van der Waals surface area contributed by atoms with Crippen LogP contribution in [-0.2, 0) is 6.54 Å². The second-order valence-corrected chi connectivity index (χ2v) is 9.32. The highest BCUT2D eigenvalue weighted by molar-refractivity contribution is 7.12. The highest BCUT2D eigenvalue weighted by Crippen LogP contribution is 2.30. The summed E-state index contributed by atoms with van der Waals surface area (Å²) in [6, 6.07) is 12.3. The predicted molar refractivity (Wildman–Crippen MR) is 127 cm³/mol. The van der Waals surface area contributed by atoms with Gasteiger partial charge in [-0.2, -0.15) is 0 Å². The van der Waals surface area contributed by atoms with Gasteiger partial charge in [0.05, 0.1) is 0 Å². The maximum absolute atomic E-state index is 13.0. The predicted octanol–water partition coefficient (Wildman–Crippen LogP) is 3.67. The third-order valence-electron chi connectivity index (χ3n) is 5.59. The zero-order valence-corrected chi connectivity index (χ0v) is 19.6. The van der Waals surface area contributed by atoms with E-state index in [4.69, 9.17) is 4.74 Å². The van der Waals surface area contributed by atoms with Gasteiger partial charge in [0.15, 0.2) is 0 Å². The van der Waals surface area contributed by atoms with Crippen LogP contribution in [0.15, 0.2) is 48.9 Å². The van der Waals surface area contributed by atoms with Gasteiger partial charge in [0.1, 0.15) is 29.6 Å². The molecule has 7 nitrogen and oxygen atoms in total. The van der Waals surface area contributed by atoms with Crippen molar-refractivity contribution in [1.82, 2.24) is 20.2 Å². The summed E-state index contributed by atoms with van der Waals surface area (Å²) in [4.78, 5) is 27.8. The summed E-state index contributed by atoms with van der Waals surface area (Å²) in [5, 5.41) is 3.21. The number of nitrogens with one attached hydrogen (secondary N) is 1.